The van der Waals surface area contributed by atoms with Crippen LogP contribution in [0.15, 0.2) is 24.3 Å². The van der Waals surface area contributed by atoms with Crippen LogP contribution in [-0.2, 0) is 16.1 Å². The van der Waals surface area contributed by atoms with E-state index >= 15 is 0 Å². The number of morpholine rings is 1. The number of rotatable bonds is 4. The first-order chi connectivity index (χ1) is 9.54. The molecule has 1 saturated heterocycles. The Kier molecular flexibility index (Phi) is 5.40. The van der Waals surface area contributed by atoms with E-state index in [2.05, 4.69) is 10.2 Å². The van der Waals surface area contributed by atoms with E-state index in [1.165, 1.54) is 0 Å². The lowest BCUT2D eigenvalue weighted by Gasteiger charge is -2.34. The molecule has 1 N–H and O–H groups in total. The monoisotopic (exact) mass is 296 g/mol. The zero-order chi connectivity index (χ0) is 14.5. The topological polar surface area (TPSA) is 41.6 Å². The Balaban J connectivity index is 1.79. The van der Waals surface area contributed by atoms with Crippen molar-refractivity contribution in [1.29, 1.82) is 0 Å². The van der Waals surface area contributed by atoms with Crippen LogP contribution in [0.2, 0.25) is 5.02 Å². The molecular weight excluding hydrogens is 276 g/mol. The van der Waals surface area contributed by atoms with Crippen LogP contribution >= 0.6 is 11.6 Å². The minimum Gasteiger partial charge on any atom is -0.373 e. The third-order valence-electron chi connectivity index (χ3n) is 3.30. The molecule has 1 amide bonds. The van der Waals surface area contributed by atoms with E-state index in [1.807, 2.05) is 38.1 Å². The number of nitrogens with zero attached hydrogens (tertiary/aromatic N) is 1. The van der Waals surface area contributed by atoms with Gasteiger partial charge in [-0.2, -0.15) is 0 Å². The van der Waals surface area contributed by atoms with Gasteiger partial charge in [-0.3, -0.25) is 9.69 Å². The van der Waals surface area contributed by atoms with Crippen LogP contribution in [-0.4, -0.2) is 42.6 Å². The van der Waals surface area contributed by atoms with Gasteiger partial charge in [-0.25, -0.2) is 0 Å². The number of carbonyl (C=O) groups is 1. The normalized spacial score (nSPS) is 23.6. The van der Waals surface area contributed by atoms with Crippen LogP contribution in [0.5, 0.6) is 0 Å². The summed E-state index contributed by atoms with van der Waals surface area (Å²) < 4.78 is 5.65. The van der Waals surface area contributed by atoms with Crippen molar-refractivity contribution in [3.8, 4) is 0 Å². The molecule has 2 rings (SSSR count). The first-order valence-electron chi connectivity index (χ1n) is 6.92. The molecule has 1 aliphatic rings. The first kappa shape index (κ1) is 15.3. The maximum atomic E-state index is 12.0. The number of carbonyl (C=O) groups excluding carboxylic acids is 1. The van der Waals surface area contributed by atoms with Gasteiger partial charge >= 0.3 is 0 Å². The zero-order valence-corrected chi connectivity index (χ0v) is 12.7. The summed E-state index contributed by atoms with van der Waals surface area (Å²) in [5.74, 6) is 0.0196. The highest BCUT2D eigenvalue weighted by atomic mass is 35.5. The lowest BCUT2D eigenvalue weighted by atomic mass is 10.2. The summed E-state index contributed by atoms with van der Waals surface area (Å²) in [5, 5.41) is 3.59. The molecule has 2 unspecified atom stereocenters. The lowest BCUT2D eigenvalue weighted by Crippen LogP contribution is -2.49. The molecule has 1 heterocycles. The summed E-state index contributed by atoms with van der Waals surface area (Å²) in [6.45, 7) is 6.53. The third-order valence-corrected chi connectivity index (χ3v) is 3.67. The van der Waals surface area contributed by atoms with E-state index < -0.39 is 0 Å². The predicted octanol–water partition coefficient (Wildman–Crippen LogP) is 2.07. The van der Waals surface area contributed by atoms with Gasteiger partial charge in [0, 0.05) is 24.7 Å². The van der Waals surface area contributed by atoms with E-state index in [9.17, 15) is 4.79 Å². The van der Waals surface area contributed by atoms with Crippen molar-refractivity contribution in [3.05, 3.63) is 34.9 Å². The Labute approximate surface area is 125 Å². The SMILES string of the molecule is CC1CN(CC(=O)NCc2ccccc2Cl)CC(C)O1. The van der Waals surface area contributed by atoms with Crippen LogP contribution in [0, 0.1) is 0 Å². The molecule has 1 fully saturated rings. The van der Waals surface area contributed by atoms with Crippen LogP contribution in [0.1, 0.15) is 19.4 Å². The van der Waals surface area contributed by atoms with E-state index in [1.54, 1.807) is 0 Å². The van der Waals surface area contributed by atoms with Crippen molar-refractivity contribution in [2.24, 2.45) is 0 Å². The lowest BCUT2D eigenvalue weighted by molar-refractivity contribution is -0.126. The molecule has 110 valence electrons. The van der Waals surface area contributed by atoms with E-state index in [0.29, 0.717) is 18.1 Å². The maximum absolute atomic E-state index is 12.0. The van der Waals surface area contributed by atoms with Gasteiger partial charge in [-0.15, -0.1) is 0 Å². The average Bonchev–Trinajstić information content (AvgIpc) is 2.36. The van der Waals surface area contributed by atoms with Crippen molar-refractivity contribution in [2.45, 2.75) is 32.6 Å². The summed E-state index contributed by atoms with van der Waals surface area (Å²) in [6.07, 6.45) is 0.352. The number of hydrogen-bond donors (Lipinski definition) is 1. The van der Waals surface area contributed by atoms with Crippen molar-refractivity contribution in [2.75, 3.05) is 19.6 Å². The predicted molar refractivity (Wildman–Crippen MR) is 79.7 cm³/mol. The Morgan fingerprint density at radius 2 is 2.00 bits per heavy atom. The number of halogens is 1. The van der Waals surface area contributed by atoms with Gasteiger partial charge in [-0.1, -0.05) is 29.8 Å². The molecule has 2 atom stereocenters. The van der Waals surface area contributed by atoms with Gasteiger partial charge in [0.2, 0.25) is 5.91 Å². The Morgan fingerprint density at radius 3 is 2.65 bits per heavy atom. The number of nitrogens with one attached hydrogen (secondary N) is 1. The molecule has 1 aromatic rings. The summed E-state index contributed by atoms with van der Waals surface area (Å²) in [5.41, 5.74) is 0.936. The second-order valence-corrected chi connectivity index (χ2v) is 5.73. The van der Waals surface area contributed by atoms with Gasteiger partial charge in [0.05, 0.1) is 18.8 Å². The Bertz CT molecular complexity index is 457. The summed E-state index contributed by atoms with van der Waals surface area (Å²) in [7, 11) is 0. The van der Waals surface area contributed by atoms with Gasteiger partial charge in [0.1, 0.15) is 0 Å². The molecular formula is C15H21ClN2O2. The molecule has 1 aliphatic heterocycles. The molecule has 0 aromatic heterocycles. The first-order valence-corrected chi connectivity index (χ1v) is 7.30. The fourth-order valence-electron chi connectivity index (χ4n) is 2.51. The molecule has 20 heavy (non-hydrogen) atoms. The molecule has 4 nitrogen and oxygen atoms in total. The quantitative estimate of drug-likeness (QED) is 0.925. The van der Waals surface area contributed by atoms with Crippen LogP contribution in [0.25, 0.3) is 0 Å². The Morgan fingerprint density at radius 1 is 1.35 bits per heavy atom. The van der Waals surface area contributed by atoms with Crippen molar-refractivity contribution in [3.63, 3.8) is 0 Å². The van der Waals surface area contributed by atoms with E-state index in [-0.39, 0.29) is 18.1 Å². The van der Waals surface area contributed by atoms with E-state index in [4.69, 9.17) is 16.3 Å². The second kappa shape index (κ2) is 7.07. The third kappa shape index (κ3) is 4.47. The second-order valence-electron chi connectivity index (χ2n) is 5.32. The minimum absolute atomic E-state index is 0.0196. The summed E-state index contributed by atoms with van der Waals surface area (Å²) >= 11 is 6.06. The highest BCUT2D eigenvalue weighted by Crippen LogP contribution is 2.14. The molecule has 0 radical (unpaired) electrons. The molecule has 0 saturated carbocycles. The van der Waals surface area contributed by atoms with Crippen molar-refractivity contribution >= 4 is 17.5 Å². The van der Waals surface area contributed by atoms with Crippen LogP contribution < -0.4 is 5.32 Å². The highest BCUT2D eigenvalue weighted by molar-refractivity contribution is 6.31. The van der Waals surface area contributed by atoms with Gasteiger partial charge in [0.25, 0.3) is 0 Å². The molecule has 5 heteroatoms. The smallest absolute Gasteiger partial charge is 0.234 e. The molecule has 0 bridgehead atoms. The molecule has 0 spiro atoms. The summed E-state index contributed by atoms with van der Waals surface area (Å²) in [6, 6.07) is 7.54. The van der Waals surface area contributed by atoms with Crippen molar-refractivity contribution < 1.29 is 9.53 Å². The number of benzene rings is 1. The largest absolute Gasteiger partial charge is 0.373 e. The molecule has 0 aliphatic carbocycles. The zero-order valence-electron chi connectivity index (χ0n) is 11.9. The van der Waals surface area contributed by atoms with Crippen LogP contribution in [0.4, 0.5) is 0 Å². The standard InChI is InChI=1S/C15H21ClN2O2/c1-11-8-18(9-12(2)20-11)10-15(19)17-7-13-5-3-4-6-14(13)16/h3-6,11-12H,7-10H2,1-2H3,(H,17,19). The highest BCUT2D eigenvalue weighted by Gasteiger charge is 2.23. The number of ether oxygens (including phenoxy) is 1. The van der Waals surface area contributed by atoms with E-state index in [0.717, 1.165) is 18.7 Å². The van der Waals surface area contributed by atoms with Gasteiger partial charge in [0.15, 0.2) is 0 Å². The Hall–Kier alpha value is -1.10. The van der Waals surface area contributed by atoms with Crippen molar-refractivity contribution in [1.82, 2.24) is 10.2 Å². The van der Waals surface area contributed by atoms with Crippen LogP contribution in [0.3, 0.4) is 0 Å². The number of hydrogen-bond acceptors (Lipinski definition) is 3. The van der Waals surface area contributed by atoms with Gasteiger partial charge < -0.3 is 10.1 Å². The number of amides is 1. The van der Waals surface area contributed by atoms with Gasteiger partial charge in [-0.05, 0) is 25.5 Å². The fourth-order valence-corrected chi connectivity index (χ4v) is 2.71. The minimum atomic E-state index is 0.0196. The molecule has 1 aromatic carbocycles. The average molecular weight is 297 g/mol. The summed E-state index contributed by atoms with van der Waals surface area (Å²) in [4.78, 5) is 14.1. The maximum Gasteiger partial charge on any atom is 0.234 e. The fraction of sp³-hybridized carbons (Fsp3) is 0.533.